The largest absolute Gasteiger partial charge is 0.355 e. The highest BCUT2D eigenvalue weighted by Crippen LogP contribution is 2.33. The molecule has 2 fully saturated rings. The SMILES string of the molecule is CC(CCNC(=O)C1CC2CCCCC2N1)S(C)=O. The molecule has 1 saturated heterocycles. The first-order valence-corrected chi connectivity index (χ1v) is 9.06. The number of nitrogens with one attached hydrogen (secondary N) is 2. The van der Waals surface area contributed by atoms with Gasteiger partial charge in [-0.15, -0.1) is 0 Å². The maximum absolute atomic E-state index is 12.1. The van der Waals surface area contributed by atoms with Gasteiger partial charge in [-0.2, -0.15) is 0 Å². The molecule has 2 N–H and O–H groups in total. The first kappa shape index (κ1) is 15.0. The van der Waals surface area contributed by atoms with Crippen LogP contribution in [0.15, 0.2) is 0 Å². The van der Waals surface area contributed by atoms with Gasteiger partial charge in [0.25, 0.3) is 0 Å². The summed E-state index contributed by atoms with van der Waals surface area (Å²) in [6.07, 6.45) is 8.60. The smallest absolute Gasteiger partial charge is 0.237 e. The first-order valence-electron chi connectivity index (χ1n) is 7.44. The van der Waals surface area contributed by atoms with Crippen LogP contribution in [0.5, 0.6) is 0 Å². The van der Waals surface area contributed by atoms with Gasteiger partial charge in [-0.1, -0.05) is 19.8 Å². The van der Waals surface area contributed by atoms with Crippen LogP contribution in [0.2, 0.25) is 0 Å². The third-order valence-electron chi connectivity index (χ3n) is 4.60. The van der Waals surface area contributed by atoms with E-state index < -0.39 is 10.8 Å². The van der Waals surface area contributed by atoms with Crippen molar-refractivity contribution in [1.29, 1.82) is 0 Å². The van der Waals surface area contributed by atoms with Crippen molar-refractivity contribution in [1.82, 2.24) is 10.6 Å². The number of rotatable bonds is 5. The zero-order valence-electron chi connectivity index (χ0n) is 12.0. The highest BCUT2D eigenvalue weighted by molar-refractivity contribution is 7.84. The third kappa shape index (κ3) is 4.02. The highest BCUT2D eigenvalue weighted by atomic mass is 32.2. The number of hydrogen-bond donors (Lipinski definition) is 2. The lowest BCUT2D eigenvalue weighted by Crippen LogP contribution is -2.43. The van der Waals surface area contributed by atoms with E-state index >= 15 is 0 Å². The van der Waals surface area contributed by atoms with E-state index in [-0.39, 0.29) is 17.2 Å². The number of carbonyl (C=O) groups is 1. The summed E-state index contributed by atoms with van der Waals surface area (Å²) in [4.78, 5) is 12.1. The molecule has 110 valence electrons. The van der Waals surface area contributed by atoms with Crippen LogP contribution >= 0.6 is 0 Å². The number of hydrogen-bond acceptors (Lipinski definition) is 3. The summed E-state index contributed by atoms with van der Waals surface area (Å²) in [5, 5.41) is 6.62. The second-order valence-electron chi connectivity index (χ2n) is 5.99. The van der Waals surface area contributed by atoms with E-state index in [1.165, 1.54) is 25.7 Å². The Labute approximate surface area is 118 Å². The molecule has 0 bridgehead atoms. The van der Waals surface area contributed by atoms with Crippen LogP contribution in [0.3, 0.4) is 0 Å². The molecule has 2 rings (SSSR count). The minimum Gasteiger partial charge on any atom is -0.355 e. The van der Waals surface area contributed by atoms with Gasteiger partial charge in [0, 0.05) is 34.9 Å². The van der Waals surface area contributed by atoms with E-state index in [0.717, 1.165) is 12.8 Å². The minimum absolute atomic E-state index is 0.00414. The molecule has 2 aliphatic rings. The lowest BCUT2D eigenvalue weighted by molar-refractivity contribution is -0.122. The summed E-state index contributed by atoms with van der Waals surface area (Å²) in [7, 11) is -0.800. The van der Waals surface area contributed by atoms with Gasteiger partial charge in [0.15, 0.2) is 0 Å². The molecule has 5 heteroatoms. The van der Waals surface area contributed by atoms with E-state index in [0.29, 0.717) is 18.5 Å². The van der Waals surface area contributed by atoms with E-state index in [1.807, 2.05) is 6.92 Å². The summed E-state index contributed by atoms with van der Waals surface area (Å²) < 4.78 is 11.2. The molecule has 0 aromatic carbocycles. The predicted molar refractivity (Wildman–Crippen MR) is 78.4 cm³/mol. The molecular formula is C14H26N2O2S. The Kier molecular flexibility index (Phi) is 5.39. The van der Waals surface area contributed by atoms with Crippen molar-refractivity contribution < 1.29 is 9.00 Å². The lowest BCUT2D eigenvalue weighted by atomic mass is 9.85. The molecule has 0 aromatic heterocycles. The Morgan fingerprint density at radius 3 is 2.84 bits per heavy atom. The van der Waals surface area contributed by atoms with Crippen LogP contribution in [-0.2, 0) is 15.6 Å². The maximum Gasteiger partial charge on any atom is 0.237 e. The van der Waals surface area contributed by atoms with Crippen molar-refractivity contribution in [3.8, 4) is 0 Å². The van der Waals surface area contributed by atoms with Crippen LogP contribution in [0.4, 0.5) is 0 Å². The first-order chi connectivity index (χ1) is 9.08. The van der Waals surface area contributed by atoms with Crippen LogP contribution in [0.25, 0.3) is 0 Å². The van der Waals surface area contributed by atoms with Gasteiger partial charge < -0.3 is 10.6 Å². The van der Waals surface area contributed by atoms with Crippen molar-refractivity contribution in [2.24, 2.45) is 5.92 Å². The fourth-order valence-corrected chi connectivity index (χ4v) is 3.66. The molecule has 19 heavy (non-hydrogen) atoms. The molecule has 5 unspecified atom stereocenters. The average Bonchev–Trinajstić information content (AvgIpc) is 2.82. The second-order valence-corrected chi connectivity index (χ2v) is 7.80. The van der Waals surface area contributed by atoms with E-state index in [1.54, 1.807) is 6.26 Å². The van der Waals surface area contributed by atoms with Crippen LogP contribution in [0, 0.1) is 5.92 Å². The van der Waals surface area contributed by atoms with Crippen molar-refractivity contribution in [2.75, 3.05) is 12.8 Å². The summed E-state index contributed by atoms with van der Waals surface area (Å²) >= 11 is 0. The van der Waals surface area contributed by atoms with Gasteiger partial charge in [-0.3, -0.25) is 9.00 Å². The Morgan fingerprint density at radius 1 is 1.42 bits per heavy atom. The standard InChI is InChI=1S/C14H26N2O2S/c1-10(19(2)18)7-8-15-14(17)13-9-11-5-3-4-6-12(11)16-13/h10-13,16H,3-9H2,1-2H3,(H,15,17). The molecule has 0 aromatic rings. The number of fused-ring (bicyclic) bond motifs is 1. The summed E-state index contributed by atoms with van der Waals surface area (Å²) in [6, 6.07) is 0.557. The van der Waals surface area contributed by atoms with Crippen molar-refractivity contribution in [3.05, 3.63) is 0 Å². The summed E-state index contributed by atoms with van der Waals surface area (Å²) in [6.45, 7) is 2.59. The fraction of sp³-hybridized carbons (Fsp3) is 0.929. The van der Waals surface area contributed by atoms with Crippen LogP contribution < -0.4 is 10.6 Å². The molecule has 1 heterocycles. The summed E-state index contributed by atoms with van der Waals surface area (Å²) in [5.74, 6) is 0.829. The third-order valence-corrected chi connectivity index (χ3v) is 5.96. The van der Waals surface area contributed by atoms with Gasteiger partial charge in [0.2, 0.25) is 5.91 Å². The zero-order valence-corrected chi connectivity index (χ0v) is 12.8. The topological polar surface area (TPSA) is 58.2 Å². The van der Waals surface area contributed by atoms with Gasteiger partial charge >= 0.3 is 0 Å². The molecule has 0 radical (unpaired) electrons. The van der Waals surface area contributed by atoms with Crippen LogP contribution in [-0.4, -0.2) is 40.3 Å². The quantitative estimate of drug-likeness (QED) is 0.798. The maximum atomic E-state index is 12.1. The molecule has 0 spiro atoms. The zero-order chi connectivity index (χ0) is 13.8. The average molecular weight is 286 g/mol. The van der Waals surface area contributed by atoms with Crippen molar-refractivity contribution in [3.63, 3.8) is 0 Å². The monoisotopic (exact) mass is 286 g/mol. The van der Waals surface area contributed by atoms with Crippen molar-refractivity contribution >= 4 is 16.7 Å². The number of carbonyl (C=O) groups excluding carboxylic acids is 1. The predicted octanol–water partition coefficient (Wildman–Crippen LogP) is 1.18. The lowest BCUT2D eigenvalue weighted by Gasteiger charge is -2.24. The molecule has 5 atom stereocenters. The van der Waals surface area contributed by atoms with Gasteiger partial charge in [0.1, 0.15) is 0 Å². The number of amides is 1. The molecular weight excluding hydrogens is 260 g/mol. The molecule has 4 nitrogen and oxygen atoms in total. The van der Waals surface area contributed by atoms with E-state index in [2.05, 4.69) is 10.6 Å². The Bertz CT molecular complexity index is 334. The van der Waals surface area contributed by atoms with Gasteiger partial charge in [-0.05, 0) is 31.6 Å². The van der Waals surface area contributed by atoms with E-state index in [4.69, 9.17) is 0 Å². The molecule has 1 saturated carbocycles. The Balaban J connectivity index is 1.71. The van der Waals surface area contributed by atoms with Gasteiger partial charge in [-0.25, -0.2) is 0 Å². The summed E-state index contributed by atoms with van der Waals surface area (Å²) in [5.41, 5.74) is 0. The Hall–Kier alpha value is -0.420. The second kappa shape index (κ2) is 6.84. The van der Waals surface area contributed by atoms with Gasteiger partial charge in [0.05, 0.1) is 6.04 Å². The molecule has 1 amide bonds. The molecule has 1 aliphatic carbocycles. The Morgan fingerprint density at radius 2 is 2.16 bits per heavy atom. The fourth-order valence-electron chi connectivity index (χ4n) is 3.21. The normalized spacial score (nSPS) is 33.5. The highest BCUT2D eigenvalue weighted by Gasteiger charge is 2.37. The minimum atomic E-state index is -0.800. The van der Waals surface area contributed by atoms with Crippen LogP contribution in [0.1, 0.15) is 45.4 Å². The van der Waals surface area contributed by atoms with E-state index in [9.17, 15) is 9.00 Å². The molecule has 1 aliphatic heterocycles. The van der Waals surface area contributed by atoms with Crippen molar-refractivity contribution in [2.45, 2.75) is 62.8 Å².